The molecule has 2 aromatic carbocycles. The summed E-state index contributed by atoms with van der Waals surface area (Å²) in [7, 11) is -1.38. The van der Waals surface area contributed by atoms with Gasteiger partial charge in [-0.25, -0.2) is 8.70 Å². The number of hydrogen-bond donors (Lipinski definition) is 1. The Morgan fingerprint density at radius 1 is 1.03 bits per heavy atom. The highest BCUT2D eigenvalue weighted by atomic mass is 32.2. The van der Waals surface area contributed by atoms with Gasteiger partial charge in [0.1, 0.15) is 18.4 Å². The van der Waals surface area contributed by atoms with Crippen molar-refractivity contribution < 1.29 is 22.4 Å². The van der Waals surface area contributed by atoms with Crippen LogP contribution in [0, 0.1) is 18.7 Å². The molecule has 0 radical (unpaired) electrons. The lowest BCUT2D eigenvalue weighted by Crippen LogP contribution is -2.52. The Morgan fingerprint density at radius 2 is 1.66 bits per heavy atom. The molecule has 2 amide bonds. The molecule has 2 rings (SSSR count). The first-order valence-corrected chi connectivity index (χ1v) is 12.8. The van der Waals surface area contributed by atoms with Gasteiger partial charge in [0.05, 0.1) is 5.69 Å². The van der Waals surface area contributed by atoms with Crippen molar-refractivity contribution in [3.63, 3.8) is 0 Å². The second-order valence-electron chi connectivity index (χ2n) is 9.10. The van der Waals surface area contributed by atoms with Crippen LogP contribution < -0.4 is 9.62 Å². The van der Waals surface area contributed by atoms with Gasteiger partial charge in [-0.15, -0.1) is 0 Å². The second-order valence-corrected chi connectivity index (χ2v) is 11.2. The van der Waals surface area contributed by atoms with Crippen LogP contribution in [0.3, 0.4) is 0 Å². The molecule has 0 fully saturated rings. The summed E-state index contributed by atoms with van der Waals surface area (Å²) in [5, 5.41) is 2.84. The molecule has 0 aliphatic carbocycles. The summed E-state index contributed by atoms with van der Waals surface area (Å²) >= 11 is 0. The molecule has 1 atom stereocenters. The zero-order valence-electron chi connectivity index (χ0n) is 21.2. The third-order valence-electron chi connectivity index (χ3n) is 5.42. The molecule has 0 saturated carbocycles. The van der Waals surface area contributed by atoms with Crippen molar-refractivity contribution in [1.29, 1.82) is 0 Å². The molecule has 8 nitrogen and oxygen atoms in total. The SMILES string of the molecule is Cc1cccc(CN(C(=O)CN(c2ccc(F)cc2)S(=O)(=O)N(C)C)[C@@H](C)C(=O)NCC(C)C)c1. The summed E-state index contributed by atoms with van der Waals surface area (Å²) in [6.07, 6.45) is 0. The number of amides is 2. The van der Waals surface area contributed by atoms with Gasteiger partial charge in [0.15, 0.2) is 0 Å². The third-order valence-corrected chi connectivity index (χ3v) is 7.24. The molecule has 10 heteroatoms. The van der Waals surface area contributed by atoms with Crippen LogP contribution in [0.1, 0.15) is 31.9 Å². The second kappa shape index (κ2) is 12.1. The lowest BCUT2D eigenvalue weighted by atomic mass is 10.1. The number of nitrogens with zero attached hydrogens (tertiary/aromatic N) is 3. The fourth-order valence-corrected chi connectivity index (χ4v) is 4.42. The van der Waals surface area contributed by atoms with Crippen molar-refractivity contribution in [1.82, 2.24) is 14.5 Å². The Labute approximate surface area is 207 Å². The van der Waals surface area contributed by atoms with Crippen molar-refractivity contribution in [2.75, 3.05) is 31.5 Å². The third kappa shape index (κ3) is 7.76. The van der Waals surface area contributed by atoms with E-state index in [0.717, 1.165) is 31.9 Å². The van der Waals surface area contributed by atoms with E-state index in [1.54, 1.807) is 6.92 Å². The smallest absolute Gasteiger partial charge is 0.304 e. The van der Waals surface area contributed by atoms with E-state index in [9.17, 15) is 22.4 Å². The summed E-state index contributed by atoms with van der Waals surface area (Å²) in [6.45, 7) is 7.49. The normalized spacial score (nSPS) is 12.5. The average molecular weight is 507 g/mol. The quantitative estimate of drug-likeness (QED) is 0.508. The van der Waals surface area contributed by atoms with E-state index in [2.05, 4.69) is 5.32 Å². The van der Waals surface area contributed by atoms with E-state index in [4.69, 9.17) is 0 Å². The molecule has 1 N–H and O–H groups in total. The van der Waals surface area contributed by atoms with E-state index in [0.29, 0.717) is 6.54 Å². The fraction of sp³-hybridized carbons (Fsp3) is 0.440. The van der Waals surface area contributed by atoms with Gasteiger partial charge in [-0.05, 0) is 49.6 Å². The van der Waals surface area contributed by atoms with Crippen molar-refractivity contribution >= 4 is 27.7 Å². The highest BCUT2D eigenvalue weighted by Gasteiger charge is 2.32. The maximum atomic E-state index is 13.6. The first-order valence-electron chi connectivity index (χ1n) is 11.4. The zero-order chi connectivity index (χ0) is 26.3. The van der Waals surface area contributed by atoms with Gasteiger partial charge in [-0.1, -0.05) is 43.7 Å². The Bertz CT molecular complexity index is 1120. The summed E-state index contributed by atoms with van der Waals surface area (Å²) in [5.74, 6) is -1.19. The van der Waals surface area contributed by atoms with Crippen LogP contribution >= 0.6 is 0 Å². The zero-order valence-corrected chi connectivity index (χ0v) is 22.0. The molecule has 0 unspecified atom stereocenters. The highest BCUT2D eigenvalue weighted by Crippen LogP contribution is 2.21. The Hall–Kier alpha value is -2.98. The van der Waals surface area contributed by atoms with Crippen LogP contribution in [-0.2, 0) is 26.3 Å². The van der Waals surface area contributed by atoms with E-state index in [1.807, 2.05) is 45.0 Å². The summed E-state index contributed by atoms with van der Waals surface area (Å²) in [6, 6.07) is 11.6. The van der Waals surface area contributed by atoms with Gasteiger partial charge in [0.25, 0.3) is 0 Å². The van der Waals surface area contributed by atoms with Gasteiger partial charge in [0.2, 0.25) is 11.8 Å². The number of benzene rings is 2. The minimum absolute atomic E-state index is 0.121. The van der Waals surface area contributed by atoms with Gasteiger partial charge in [0, 0.05) is 27.2 Å². The van der Waals surface area contributed by atoms with Crippen LogP contribution in [0.25, 0.3) is 0 Å². The topological polar surface area (TPSA) is 90.0 Å². The predicted molar refractivity (Wildman–Crippen MR) is 135 cm³/mol. The van der Waals surface area contributed by atoms with Crippen LogP contribution in [0.15, 0.2) is 48.5 Å². The van der Waals surface area contributed by atoms with Crippen LogP contribution in [0.5, 0.6) is 0 Å². The average Bonchev–Trinajstić information content (AvgIpc) is 2.79. The van der Waals surface area contributed by atoms with Crippen molar-refractivity contribution in [3.8, 4) is 0 Å². The van der Waals surface area contributed by atoms with Crippen molar-refractivity contribution in [2.45, 2.75) is 40.3 Å². The molecule has 0 heterocycles. The molecule has 0 aliphatic rings. The number of carbonyl (C=O) groups excluding carboxylic acids is 2. The predicted octanol–water partition coefficient (Wildman–Crippen LogP) is 2.94. The van der Waals surface area contributed by atoms with E-state index >= 15 is 0 Å². The molecular weight excluding hydrogens is 471 g/mol. The molecule has 0 bridgehead atoms. The number of anilines is 1. The van der Waals surface area contributed by atoms with Crippen LogP contribution in [0.2, 0.25) is 0 Å². The monoisotopic (exact) mass is 506 g/mol. The Balaban J connectivity index is 2.42. The molecule has 0 saturated heterocycles. The van der Waals surface area contributed by atoms with E-state index in [-0.39, 0.29) is 24.1 Å². The molecular formula is C25H35FN4O4S. The van der Waals surface area contributed by atoms with Crippen LogP contribution in [0.4, 0.5) is 10.1 Å². The number of hydrogen-bond acceptors (Lipinski definition) is 4. The Kier molecular flexibility index (Phi) is 9.79. The molecule has 0 spiro atoms. The first kappa shape index (κ1) is 28.3. The van der Waals surface area contributed by atoms with Crippen molar-refractivity contribution in [3.05, 3.63) is 65.5 Å². The minimum atomic E-state index is -4.08. The largest absolute Gasteiger partial charge is 0.354 e. The summed E-state index contributed by atoms with van der Waals surface area (Å²) in [4.78, 5) is 27.8. The van der Waals surface area contributed by atoms with E-state index < -0.39 is 34.5 Å². The van der Waals surface area contributed by atoms with Gasteiger partial charge in [-0.3, -0.25) is 9.59 Å². The number of nitrogens with one attached hydrogen (secondary N) is 1. The summed E-state index contributed by atoms with van der Waals surface area (Å²) in [5.41, 5.74) is 1.95. The van der Waals surface area contributed by atoms with E-state index in [1.165, 1.54) is 31.1 Å². The lowest BCUT2D eigenvalue weighted by molar-refractivity contribution is -0.139. The minimum Gasteiger partial charge on any atom is -0.354 e. The number of carbonyl (C=O) groups is 2. The number of rotatable bonds is 11. The van der Waals surface area contributed by atoms with Gasteiger partial charge < -0.3 is 10.2 Å². The Morgan fingerprint density at radius 3 is 2.20 bits per heavy atom. The molecule has 0 aromatic heterocycles. The maximum Gasteiger partial charge on any atom is 0.304 e. The first-order chi connectivity index (χ1) is 16.3. The molecule has 192 valence electrons. The molecule has 0 aliphatic heterocycles. The summed E-state index contributed by atoms with van der Waals surface area (Å²) < 4.78 is 41.5. The van der Waals surface area contributed by atoms with Gasteiger partial charge in [-0.2, -0.15) is 12.7 Å². The van der Waals surface area contributed by atoms with Crippen molar-refractivity contribution in [2.24, 2.45) is 5.92 Å². The fourth-order valence-electron chi connectivity index (χ4n) is 3.37. The number of aryl methyl sites for hydroxylation is 1. The lowest BCUT2D eigenvalue weighted by Gasteiger charge is -2.33. The maximum absolute atomic E-state index is 13.6. The highest BCUT2D eigenvalue weighted by molar-refractivity contribution is 7.90. The van der Waals surface area contributed by atoms with Crippen LogP contribution in [-0.4, -0.2) is 62.7 Å². The molecule has 2 aromatic rings. The number of halogens is 1. The molecule has 35 heavy (non-hydrogen) atoms. The standard InChI is InChI=1S/C25H35FN4O4S/c1-18(2)15-27-25(32)20(4)29(16-21-9-7-8-19(3)14-21)24(31)17-30(35(33,34)28(5)6)23-12-10-22(26)11-13-23/h7-14,18,20H,15-17H2,1-6H3,(H,27,32)/t20-/m0/s1. The van der Waals surface area contributed by atoms with Gasteiger partial charge >= 0.3 is 10.2 Å².